The van der Waals surface area contributed by atoms with E-state index in [1.165, 1.54) is 68.6 Å². The Kier molecular flexibility index (Phi) is 4.45. The van der Waals surface area contributed by atoms with Gasteiger partial charge in [-0.3, -0.25) is 0 Å². The highest BCUT2D eigenvalue weighted by atomic mass is 15.1. The number of hydrogen-bond acceptors (Lipinski definition) is 2. The number of hydrogen-bond donors (Lipinski definition) is 1. The standard InChI is InChI=1S/C17H29N3/c1-13-6-5-7-15(12-13)18-10-11-20-14(2)19-16-8-3-4-9-17(16)20/h13,15,18H,3-12H2,1-2H3. The van der Waals surface area contributed by atoms with E-state index in [2.05, 4.69) is 23.7 Å². The second kappa shape index (κ2) is 6.30. The summed E-state index contributed by atoms with van der Waals surface area (Å²) in [6, 6.07) is 0.749. The van der Waals surface area contributed by atoms with Crippen LogP contribution in [0.2, 0.25) is 0 Å². The number of nitrogens with zero attached hydrogens (tertiary/aromatic N) is 2. The first-order chi connectivity index (χ1) is 9.74. The summed E-state index contributed by atoms with van der Waals surface area (Å²) in [5.41, 5.74) is 2.90. The van der Waals surface area contributed by atoms with Crippen LogP contribution in [-0.4, -0.2) is 22.1 Å². The van der Waals surface area contributed by atoms with E-state index < -0.39 is 0 Å². The maximum absolute atomic E-state index is 4.76. The van der Waals surface area contributed by atoms with Gasteiger partial charge in [-0.2, -0.15) is 0 Å². The molecule has 1 heterocycles. The van der Waals surface area contributed by atoms with E-state index in [9.17, 15) is 0 Å². The second-order valence-corrected chi connectivity index (χ2v) is 6.83. The van der Waals surface area contributed by atoms with E-state index >= 15 is 0 Å². The third kappa shape index (κ3) is 3.08. The Morgan fingerprint density at radius 2 is 2.05 bits per heavy atom. The van der Waals surface area contributed by atoms with Crippen LogP contribution in [0.15, 0.2) is 0 Å². The zero-order valence-electron chi connectivity index (χ0n) is 13.1. The maximum atomic E-state index is 4.76. The van der Waals surface area contributed by atoms with Crippen molar-refractivity contribution in [2.45, 2.75) is 77.8 Å². The molecule has 0 amide bonds. The molecule has 3 heteroatoms. The van der Waals surface area contributed by atoms with E-state index in [4.69, 9.17) is 4.98 Å². The van der Waals surface area contributed by atoms with E-state index in [1.807, 2.05) is 0 Å². The van der Waals surface area contributed by atoms with Gasteiger partial charge in [-0.1, -0.05) is 19.8 Å². The molecular weight excluding hydrogens is 246 g/mol. The Bertz CT molecular complexity index is 449. The molecule has 0 saturated heterocycles. The zero-order valence-corrected chi connectivity index (χ0v) is 13.1. The first-order valence-corrected chi connectivity index (χ1v) is 8.52. The van der Waals surface area contributed by atoms with Gasteiger partial charge in [0.25, 0.3) is 0 Å². The lowest BCUT2D eigenvalue weighted by molar-refractivity contribution is 0.298. The van der Waals surface area contributed by atoms with Crippen molar-refractivity contribution in [3.8, 4) is 0 Å². The van der Waals surface area contributed by atoms with Gasteiger partial charge in [0, 0.05) is 24.8 Å². The van der Waals surface area contributed by atoms with E-state index in [-0.39, 0.29) is 0 Å². The summed E-state index contributed by atoms with van der Waals surface area (Å²) in [6.45, 7) is 6.76. The molecule has 2 aliphatic carbocycles. The summed E-state index contributed by atoms with van der Waals surface area (Å²) < 4.78 is 2.47. The minimum Gasteiger partial charge on any atom is -0.331 e. The number of aryl methyl sites for hydroxylation is 2. The summed E-state index contributed by atoms with van der Waals surface area (Å²) >= 11 is 0. The van der Waals surface area contributed by atoms with Crippen LogP contribution in [0.25, 0.3) is 0 Å². The van der Waals surface area contributed by atoms with Gasteiger partial charge in [0.05, 0.1) is 5.69 Å². The highest BCUT2D eigenvalue weighted by molar-refractivity contribution is 5.19. The lowest BCUT2D eigenvalue weighted by Gasteiger charge is -2.28. The molecule has 2 unspecified atom stereocenters. The molecule has 1 fully saturated rings. The van der Waals surface area contributed by atoms with Crippen LogP contribution in [0.3, 0.4) is 0 Å². The van der Waals surface area contributed by atoms with E-state index in [1.54, 1.807) is 0 Å². The predicted octanol–water partition coefficient (Wildman–Crippen LogP) is 3.24. The summed E-state index contributed by atoms with van der Waals surface area (Å²) in [5.74, 6) is 2.12. The highest BCUT2D eigenvalue weighted by Crippen LogP contribution is 2.24. The third-order valence-corrected chi connectivity index (χ3v) is 5.13. The van der Waals surface area contributed by atoms with Gasteiger partial charge in [-0.15, -0.1) is 0 Å². The number of rotatable bonds is 4. The summed E-state index contributed by atoms with van der Waals surface area (Å²) in [4.78, 5) is 4.76. The average molecular weight is 275 g/mol. The van der Waals surface area contributed by atoms with Crippen molar-refractivity contribution in [3.05, 3.63) is 17.2 Å². The molecule has 3 rings (SSSR count). The van der Waals surface area contributed by atoms with Gasteiger partial charge in [0.2, 0.25) is 0 Å². The normalized spacial score (nSPS) is 26.5. The fraction of sp³-hybridized carbons (Fsp3) is 0.824. The summed E-state index contributed by atoms with van der Waals surface area (Å²) in [7, 11) is 0. The first kappa shape index (κ1) is 14.1. The van der Waals surface area contributed by atoms with Crippen molar-refractivity contribution in [2.24, 2.45) is 5.92 Å². The molecule has 0 aromatic carbocycles. The van der Waals surface area contributed by atoms with Crippen LogP contribution in [0.5, 0.6) is 0 Å². The fourth-order valence-corrected chi connectivity index (χ4v) is 4.03. The SMILES string of the molecule is Cc1nc2c(n1CCNC1CCCC(C)C1)CCCC2. The number of fused-ring (bicyclic) bond motifs is 1. The van der Waals surface area contributed by atoms with Crippen molar-refractivity contribution >= 4 is 0 Å². The van der Waals surface area contributed by atoms with Gasteiger partial charge >= 0.3 is 0 Å². The van der Waals surface area contributed by atoms with Crippen LogP contribution in [0.4, 0.5) is 0 Å². The van der Waals surface area contributed by atoms with Crippen LogP contribution in [0.1, 0.15) is 62.7 Å². The smallest absolute Gasteiger partial charge is 0.106 e. The molecular formula is C17H29N3. The molecule has 2 atom stereocenters. The van der Waals surface area contributed by atoms with Crippen LogP contribution in [0, 0.1) is 12.8 Å². The fourth-order valence-electron chi connectivity index (χ4n) is 4.03. The van der Waals surface area contributed by atoms with E-state index in [0.29, 0.717) is 0 Å². The van der Waals surface area contributed by atoms with Gasteiger partial charge in [-0.05, 0) is 51.4 Å². The largest absolute Gasteiger partial charge is 0.331 e. The molecule has 1 saturated carbocycles. The molecule has 0 aliphatic heterocycles. The molecule has 1 aromatic rings. The van der Waals surface area contributed by atoms with E-state index in [0.717, 1.165) is 25.0 Å². The Labute approximate surface area is 123 Å². The predicted molar refractivity (Wildman–Crippen MR) is 83.0 cm³/mol. The Hall–Kier alpha value is -0.830. The Morgan fingerprint density at radius 3 is 2.90 bits per heavy atom. The van der Waals surface area contributed by atoms with Crippen molar-refractivity contribution < 1.29 is 0 Å². The Morgan fingerprint density at radius 1 is 1.20 bits per heavy atom. The lowest BCUT2D eigenvalue weighted by Crippen LogP contribution is -2.35. The van der Waals surface area contributed by atoms with Gasteiger partial charge in [0.15, 0.2) is 0 Å². The van der Waals surface area contributed by atoms with Crippen LogP contribution >= 0.6 is 0 Å². The molecule has 112 valence electrons. The molecule has 1 aromatic heterocycles. The minimum absolute atomic E-state index is 0.749. The molecule has 0 radical (unpaired) electrons. The first-order valence-electron chi connectivity index (χ1n) is 8.52. The number of nitrogens with one attached hydrogen (secondary N) is 1. The van der Waals surface area contributed by atoms with Crippen molar-refractivity contribution in [2.75, 3.05) is 6.54 Å². The average Bonchev–Trinajstić information content (AvgIpc) is 2.75. The number of imidazole rings is 1. The monoisotopic (exact) mass is 275 g/mol. The molecule has 0 spiro atoms. The van der Waals surface area contributed by atoms with Crippen molar-refractivity contribution in [1.82, 2.24) is 14.9 Å². The Balaban J connectivity index is 1.54. The van der Waals surface area contributed by atoms with Crippen molar-refractivity contribution in [3.63, 3.8) is 0 Å². The zero-order chi connectivity index (χ0) is 13.9. The highest BCUT2D eigenvalue weighted by Gasteiger charge is 2.20. The second-order valence-electron chi connectivity index (χ2n) is 6.83. The van der Waals surface area contributed by atoms with Crippen molar-refractivity contribution in [1.29, 1.82) is 0 Å². The van der Waals surface area contributed by atoms with Crippen LogP contribution < -0.4 is 5.32 Å². The van der Waals surface area contributed by atoms with Crippen LogP contribution in [-0.2, 0) is 19.4 Å². The molecule has 0 bridgehead atoms. The molecule has 2 aliphatic rings. The minimum atomic E-state index is 0.749. The molecule has 3 nitrogen and oxygen atoms in total. The molecule has 1 N–H and O–H groups in total. The molecule has 20 heavy (non-hydrogen) atoms. The number of aromatic nitrogens is 2. The topological polar surface area (TPSA) is 29.9 Å². The quantitative estimate of drug-likeness (QED) is 0.914. The third-order valence-electron chi connectivity index (χ3n) is 5.13. The maximum Gasteiger partial charge on any atom is 0.106 e. The van der Waals surface area contributed by atoms with Gasteiger partial charge in [0.1, 0.15) is 5.82 Å². The lowest BCUT2D eigenvalue weighted by atomic mass is 9.87. The van der Waals surface area contributed by atoms with Gasteiger partial charge in [-0.25, -0.2) is 4.98 Å². The summed E-state index contributed by atoms with van der Waals surface area (Å²) in [6.07, 6.45) is 10.6. The summed E-state index contributed by atoms with van der Waals surface area (Å²) in [5, 5.41) is 3.78. The van der Waals surface area contributed by atoms with Gasteiger partial charge < -0.3 is 9.88 Å².